The van der Waals surface area contributed by atoms with Crippen molar-refractivity contribution in [2.75, 3.05) is 0 Å². The molecule has 1 nitrogen and oxygen atoms in total. The molecule has 0 aliphatic heterocycles. The Bertz CT molecular complexity index is 1040. The average Bonchev–Trinajstić information content (AvgIpc) is 3.10. The summed E-state index contributed by atoms with van der Waals surface area (Å²) in [4.78, 5) is 0. The van der Waals surface area contributed by atoms with Gasteiger partial charge in [-0.2, -0.15) is 0 Å². The molecular weight excluding hydrogens is 346 g/mol. The molecule has 0 saturated carbocycles. The fourth-order valence-electron chi connectivity index (χ4n) is 3.75. The van der Waals surface area contributed by atoms with Gasteiger partial charge in [0.25, 0.3) is 0 Å². The van der Waals surface area contributed by atoms with Crippen LogP contribution in [-0.2, 0) is 6.42 Å². The zero-order valence-corrected chi connectivity index (χ0v) is 14.0. The largest absolute Gasteiger partial charge is 0.313 e. The fourth-order valence-corrected chi connectivity index (χ4v) is 4.11. The van der Waals surface area contributed by atoms with Crippen LogP contribution in [0.5, 0.6) is 0 Å². The molecule has 1 aliphatic carbocycles. The molecule has 0 spiro atoms. The van der Waals surface area contributed by atoms with Crippen molar-refractivity contribution < 1.29 is 0 Å². The number of halogens is 1. The van der Waals surface area contributed by atoms with E-state index in [-0.39, 0.29) is 0 Å². The Labute approximate surface area is 143 Å². The van der Waals surface area contributed by atoms with Gasteiger partial charge in [-0.25, -0.2) is 0 Å². The Balaban J connectivity index is 1.91. The fraction of sp³-hybridized carbons (Fsp3) is 0.0476. The van der Waals surface area contributed by atoms with Crippen LogP contribution >= 0.6 is 15.9 Å². The van der Waals surface area contributed by atoms with Crippen molar-refractivity contribution in [3.8, 4) is 16.8 Å². The van der Waals surface area contributed by atoms with Crippen LogP contribution in [0.4, 0.5) is 0 Å². The number of benzene rings is 3. The second kappa shape index (κ2) is 4.84. The predicted molar refractivity (Wildman–Crippen MR) is 99.2 cm³/mol. The quantitative estimate of drug-likeness (QED) is 0.347. The Hall–Kier alpha value is -2.32. The first-order valence-corrected chi connectivity index (χ1v) is 8.59. The van der Waals surface area contributed by atoms with Crippen molar-refractivity contribution in [2.45, 2.75) is 6.42 Å². The van der Waals surface area contributed by atoms with Gasteiger partial charge in [0, 0.05) is 33.2 Å². The maximum atomic E-state index is 3.63. The molecule has 5 rings (SSSR count). The highest BCUT2D eigenvalue weighted by atomic mass is 79.9. The van der Waals surface area contributed by atoms with Crippen LogP contribution in [-0.4, -0.2) is 4.57 Å². The molecule has 2 heteroatoms. The van der Waals surface area contributed by atoms with Crippen molar-refractivity contribution in [3.63, 3.8) is 0 Å². The van der Waals surface area contributed by atoms with Crippen LogP contribution in [0.25, 0.3) is 27.7 Å². The van der Waals surface area contributed by atoms with Crippen LogP contribution in [0.3, 0.4) is 0 Å². The predicted octanol–water partition coefficient (Wildman–Crippen LogP) is 5.96. The highest BCUT2D eigenvalue weighted by Gasteiger charge is 2.26. The molecule has 0 amide bonds. The topological polar surface area (TPSA) is 4.93 Å². The maximum absolute atomic E-state index is 3.63. The molecule has 0 unspecified atom stereocenters. The zero-order valence-electron chi connectivity index (χ0n) is 12.5. The van der Waals surface area contributed by atoms with E-state index in [1.165, 1.54) is 39.0 Å². The lowest BCUT2D eigenvalue weighted by Crippen LogP contribution is -1.98. The molecule has 3 aromatic carbocycles. The molecule has 0 radical (unpaired) electrons. The summed E-state index contributed by atoms with van der Waals surface area (Å²) in [5.41, 5.74) is 8.08. The van der Waals surface area contributed by atoms with Gasteiger partial charge in [-0.3, -0.25) is 0 Å². The Morgan fingerprint density at radius 2 is 1.61 bits per heavy atom. The number of nitrogens with zero attached hydrogens (tertiary/aromatic N) is 1. The van der Waals surface area contributed by atoms with Gasteiger partial charge in [0.15, 0.2) is 0 Å². The third-order valence-electron chi connectivity index (χ3n) is 4.69. The van der Waals surface area contributed by atoms with E-state index in [2.05, 4.69) is 93.3 Å². The van der Waals surface area contributed by atoms with Gasteiger partial charge in [-0.05, 0) is 41.5 Å². The van der Waals surface area contributed by atoms with Crippen molar-refractivity contribution in [1.82, 2.24) is 4.57 Å². The van der Waals surface area contributed by atoms with E-state index in [4.69, 9.17) is 0 Å². The summed E-state index contributed by atoms with van der Waals surface area (Å²) >= 11 is 3.63. The van der Waals surface area contributed by atoms with E-state index in [1.807, 2.05) is 0 Å². The lowest BCUT2D eigenvalue weighted by Gasteiger charge is -2.09. The van der Waals surface area contributed by atoms with E-state index in [0.29, 0.717) is 0 Å². The Morgan fingerprint density at radius 3 is 2.48 bits per heavy atom. The molecule has 0 atom stereocenters. The smallest absolute Gasteiger partial charge is 0.0538 e. The highest BCUT2D eigenvalue weighted by molar-refractivity contribution is 9.10. The van der Waals surface area contributed by atoms with E-state index in [9.17, 15) is 0 Å². The number of hydrogen-bond donors (Lipinski definition) is 0. The lowest BCUT2D eigenvalue weighted by molar-refractivity contribution is 1.01. The summed E-state index contributed by atoms with van der Waals surface area (Å²) in [6.45, 7) is 0. The van der Waals surface area contributed by atoms with Gasteiger partial charge in [0.1, 0.15) is 0 Å². The first-order valence-electron chi connectivity index (χ1n) is 7.79. The molecule has 1 heterocycles. The lowest BCUT2D eigenvalue weighted by atomic mass is 10.0. The van der Waals surface area contributed by atoms with Crippen molar-refractivity contribution in [2.24, 2.45) is 0 Å². The molecule has 1 aliphatic rings. The molecule has 0 bridgehead atoms. The second-order valence-electron chi connectivity index (χ2n) is 5.99. The van der Waals surface area contributed by atoms with Crippen LogP contribution in [0.2, 0.25) is 0 Å². The van der Waals surface area contributed by atoms with Crippen molar-refractivity contribution in [3.05, 3.63) is 88.5 Å². The summed E-state index contributed by atoms with van der Waals surface area (Å²) in [5.74, 6) is 0. The van der Waals surface area contributed by atoms with Gasteiger partial charge >= 0.3 is 0 Å². The number of rotatable bonds is 1. The van der Waals surface area contributed by atoms with E-state index < -0.39 is 0 Å². The van der Waals surface area contributed by atoms with Gasteiger partial charge in [-0.1, -0.05) is 58.4 Å². The molecule has 0 saturated heterocycles. The van der Waals surface area contributed by atoms with Gasteiger partial charge in [0.2, 0.25) is 0 Å². The minimum absolute atomic E-state index is 0.988. The Morgan fingerprint density at radius 1 is 0.826 bits per heavy atom. The third kappa shape index (κ3) is 1.85. The van der Waals surface area contributed by atoms with Crippen LogP contribution in [0.1, 0.15) is 11.3 Å². The van der Waals surface area contributed by atoms with Gasteiger partial charge in [-0.15, -0.1) is 0 Å². The molecule has 23 heavy (non-hydrogen) atoms. The summed E-state index contributed by atoms with van der Waals surface area (Å²) in [6.07, 6.45) is 0.988. The average molecular weight is 360 g/mol. The number of hydrogen-bond acceptors (Lipinski definition) is 0. The summed E-state index contributed by atoms with van der Waals surface area (Å²) < 4.78 is 3.55. The molecule has 0 fully saturated rings. The van der Waals surface area contributed by atoms with Gasteiger partial charge in [0.05, 0.1) is 5.52 Å². The number of aromatic nitrogens is 1. The van der Waals surface area contributed by atoms with Crippen LogP contribution < -0.4 is 0 Å². The SMILES string of the molecule is Brc1ccc2c(c1)-c1c(n(-c3ccccc3)c3ccccc13)C2. The van der Waals surface area contributed by atoms with Crippen molar-refractivity contribution in [1.29, 1.82) is 0 Å². The summed E-state index contributed by atoms with van der Waals surface area (Å²) in [6, 6.07) is 26.0. The standard InChI is InChI=1S/C21H14BrN/c22-15-11-10-14-12-20-21(18(14)13-15)17-8-4-5-9-19(17)23(20)16-6-2-1-3-7-16/h1-11,13H,12H2. The molecular formula is C21H14BrN. The van der Waals surface area contributed by atoms with E-state index >= 15 is 0 Å². The minimum atomic E-state index is 0.988. The normalized spacial score (nSPS) is 12.4. The van der Waals surface area contributed by atoms with Crippen molar-refractivity contribution >= 4 is 26.8 Å². The molecule has 110 valence electrons. The highest BCUT2D eigenvalue weighted by Crippen LogP contribution is 2.45. The minimum Gasteiger partial charge on any atom is -0.313 e. The molecule has 0 N–H and O–H groups in total. The number of para-hydroxylation sites is 2. The monoisotopic (exact) mass is 359 g/mol. The Kier molecular flexibility index (Phi) is 2.77. The van der Waals surface area contributed by atoms with E-state index in [0.717, 1.165) is 10.9 Å². The first-order chi connectivity index (χ1) is 11.3. The van der Waals surface area contributed by atoms with Crippen LogP contribution in [0.15, 0.2) is 77.3 Å². The summed E-state index contributed by atoms with van der Waals surface area (Å²) in [7, 11) is 0. The summed E-state index contributed by atoms with van der Waals surface area (Å²) in [5, 5.41) is 1.34. The molecule has 1 aromatic heterocycles. The molecule has 4 aromatic rings. The van der Waals surface area contributed by atoms with E-state index in [1.54, 1.807) is 0 Å². The first kappa shape index (κ1) is 13.1. The van der Waals surface area contributed by atoms with Crippen LogP contribution in [0, 0.1) is 0 Å². The zero-order chi connectivity index (χ0) is 15.4. The van der Waals surface area contributed by atoms with Gasteiger partial charge < -0.3 is 4.57 Å². The second-order valence-corrected chi connectivity index (χ2v) is 6.90. The third-order valence-corrected chi connectivity index (χ3v) is 5.18. The number of fused-ring (bicyclic) bond motifs is 5. The maximum Gasteiger partial charge on any atom is 0.0538 e.